The number of hydrogen-bond donors (Lipinski definition) is 2. The molecule has 0 aliphatic heterocycles. The minimum atomic E-state index is -0.119. The summed E-state index contributed by atoms with van der Waals surface area (Å²) in [4.78, 5) is 11.6. The number of carbonyl (C=O) groups is 1. The minimum absolute atomic E-state index is 0.119. The van der Waals surface area contributed by atoms with Crippen LogP contribution in [0.25, 0.3) is 0 Å². The highest BCUT2D eigenvalue weighted by Crippen LogP contribution is 2.36. The summed E-state index contributed by atoms with van der Waals surface area (Å²) in [6, 6.07) is 0.604. The Balaban J connectivity index is 2.15. The van der Waals surface area contributed by atoms with Crippen molar-refractivity contribution in [3.8, 4) is 0 Å². The molecular weight excluding hydrogens is 212 g/mol. The summed E-state index contributed by atoms with van der Waals surface area (Å²) in [5, 5.41) is 6.47. The lowest BCUT2D eigenvalue weighted by molar-refractivity contribution is -0.122. The van der Waals surface area contributed by atoms with E-state index in [1.54, 1.807) is 0 Å². The maximum Gasteiger partial charge on any atom is 0.221 e. The van der Waals surface area contributed by atoms with Crippen molar-refractivity contribution in [2.24, 2.45) is 5.41 Å². The van der Waals surface area contributed by atoms with Crippen LogP contribution in [0.5, 0.6) is 0 Å². The molecule has 0 spiro atoms. The van der Waals surface area contributed by atoms with Crippen LogP contribution in [-0.4, -0.2) is 24.0 Å². The van der Waals surface area contributed by atoms with Crippen LogP contribution in [0.3, 0.4) is 0 Å². The van der Waals surface area contributed by atoms with Gasteiger partial charge in [0.2, 0.25) is 5.91 Å². The molecular formula is C14H28N2O. The molecule has 2 N–H and O–H groups in total. The first-order chi connectivity index (χ1) is 7.68. The van der Waals surface area contributed by atoms with Crippen molar-refractivity contribution >= 4 is 5.91 Å². The van der Waals surface area contributed by atoms with Crippen LogP contribution in [-0.2, 0) is 4.79 Å². The molecule has 0 aromatic carbocycles. The van der Waals surface area contributed by atoms with Gasteiger partial charge in [-0.1, -0.05) is 13.8 Å². The lowest BCUT2D eigenvalue weighted by Crippen LogP contribution is -2.42. The van der Waals surface area contributed by atoms with Crippen LogP contribution in [0.2, 0.25) is 0 Å². The van der Waals surface area contributed by atoms with Gasteiger partial charge in [0.15, 0.2) is 0 Å². The average Bonchev–Trinajstić information content (AvgIpc) is 2.42. The Morgan fingerprint density at radius 2 is 2.00 bits per heavy atom. The third kappa shape index (κ3) is 6.06. The van der Waals surface area contributed by atoms with Crippen molar-refractivity contribution in [1.29, 1.82) is 0 Å². The van der Waals surface area contributed by atoms with E-state index in [1.807, 2.05) is 20.8 Å². The fraction of sp³-hybridized carbons (Fsp3) is 0.929. The minimum Gasteiger partial charge on any atom is -0.351 e. The highest BCUT2D eigenvalue weighted by molar-refractivity contribution is 5.76. The van der Waals surface area contributed by atoms with Crippen LogP contribution in [0.15, 0.2) is 0 Å². The topological polar surface area (TPSA) is 41.1 Å². The third-order valence-corrected chi connectivity index (χ3v) is 3.27. The van der Waals surface area contributed by atoms with Gasteiger partial charge in [0.05, 0.1) is 0 Å². The summed E-state index contributed by atoms with van der Waals surface area (Å²) in [6.07, 6.45) is 4.34. The molecule has 1 unspecified atom stereocenters. The van der Waals surface area contributed by atoms with E-state index in [1.165, 1.54) is 19.3 Å². The molecule has 3 nitrogen and oxygen atoms in total. The van der Waals surface area contributed by atoms with E-state index < -0.39 is 0 Å². The maximum atomic E-state index is 11.6. The van der Waals surface area contributed by atoms with E-state index in [-0.39, 0.29) is 11.4 Å². The largest absolute Gasteiger partial charge is 0.351 e. The van der Waals surface area contributed by atoms with Crippen molar-refractivity contribution in [2.75, 3.05) is 6.54 Å². The molecule has 0 radical (unpaired) electrons. The van der Waals surface area contributed by atoms with E-state index in [2.05, 4.69) is 24.5 Å². The quantitative estimate of drug-likeness (QED) is 0.792. The second-order valence-electron chi connectivity index (χ2n) is 7.11. The van der Waals surface area contributed by atoms with E-state index >= 15 is 0 Å². The van der Waals surface area contributed by atoms with Gasteiger partial charge < -0.3 is 10.6 Å². The van der Waals surface area contributed by atoms with Crippen molar-refractivity contribution in [3.63, 3.8) is 0 Å². The van der Waals surface area contributed by atoms with Crippen molar-refractivity contribution in [1.82, 2.24) is 10.6 Å². The first kappa shape index (κ1) is 14.5. The first-order valence-corrected chi connectivity index (χ1v) is 6.72. The molecule has 1 fully saturated rings. The second-order valence-corrected chi connectivity index (χ2v) is 7.11. The van der Waals surface area contributed by atoms with E-state index in [9.17, 15) is 4.79 Å². The monoisotopic (exact) mass is 240 g/mol. The summed E-state index contributed by atoms with van der Waals surface area (Å²) in [6.45, 7) is 11.5. The molecule has 3 heteroatoms. The Morgan fingerprint density at radius 3 is 2.47 bits per heavy atom. The van der Waals surface area contributed by atoms with Crippen LogP contribution >= 0.6 is 0 Å². The van der Waals surface area contributed by atoms with E-state index in [0.29, 0.717) is 17.9 Å². The van der Waals surface area contributed by atoms with Crippen molar-refractivity contribution < 1.29 is 4.79 Å². The number of carbonyl (C=O) groups excluding carboxylic acids is 1. The predicted octanol–water partition coefficient (Wildman–Crippen LogP) is 2.46. The molecule has 0 heterocycles. The van der Waals surface area contributed by atoms with Gasteiger partial charge >= 0.3 is 0 Å². The molecule has 0 aromatic heterocycles. The van der Waals surface area contributed by atoms with Crippen LogP contribution < -0.4 is 10.6 Å². The van der Waals surface area contributed by atoms with E-state index in [4.69, 9.17) is 0 Å². The molecule has 0 aromatic rings. The molecule has 17 heavy (non-hydrogen) atoms. The Morgan fingerprint density at radius 1 is 1.35 bits per heavy atom. The van der Waals surface area contributed by atoms with Gasteiger partial charge in [0, 0.05) is 24.5 Å². The number of rotatable bonds is 4. The third-order valence-electron chi connectivity index (χ3n) is 3.27. The molecule has 0 saturated heterocycles. The molecule has 1 rings (SSSR count). The molecule has 1 aliphatic rings. The smallest absolute Gasteiger partial charge is 0.221 e. The number of nitrogens with one attached hydrogen (secondary N) is 2. The van der Waals surface area contributed by atoms with Gasteiger partial charge in [0.1, 0.15) is 0 Å². The van der Waals surface area contributed by atoms with Gasteiger partial charge in [-0.05, 0) is 45.4 Å². The Bertz CT molecular complexity index is 266. The molecule has 1 amide bonds. The van der Waals surface area contributed by atoms with Crippen molar-refractivity contribution in [3.05, 3.63) is 0 Å². The van der Waals surface area contributed by atoms with Gasteiger partial charge in [0.25, 0.3) is 0 Å². The Kier molecular flexibility index (Phi) is 4.59. The fourth-order valence-electron chi connectivity index (χ4n) is 2.48. The SMILES string of the molecule is CC1(C)CCC(NCCC(=O)NC(C)(C)C)C1. The standard InChI is InChI=1S/C14H28N2O/c1-13(2,3)16-12(17)7-9-15-11-6-8-14(4,5)10-11/h11,15H,6-10H2,1-5H3,(H,16,17). The number of amides is 1. The second kappa shape index (κ2) is 5.38. The molecule has 1 aliphatic carbocycles. The van der Waals surface area contributed by atoms with Crippen molar-refractivity contribution in [2.45, 2.75) is 71.9 Å². The van der Waals surface area contributed by atoms with E-state index in [0.717, 1.165) is 6.54 Å². The summed E-state index contributed by atoms with van der Waals surface area (Å²) < 4.78 is 0. The summed E-state index contributed by atoms with van der Waals surface area (Å²) >= 11 is 0. The van der Waals surface area contributed by atoms with Crippen LogP contribution in [0.4, 0.5) is 0 Å². The number of hydrogen-bond acceptors (Lipinski definition) is 2. The molecule has 100 valence electrons. The molecule has 0 bridgehead atoms. The lowest BCUT2D eigenvalue weighted by atomic mass is 9.92. The summed E-state index contributed by atoms with van der Waals surface area (Å²) in [7, 11) is 0. The summed E-state index contributed by atoms with van der Waals surface area (Å²) in [5.74, 6) is 0.141. The fourth-order valence-corrected chi connectivity index (χ4v) is 2.48. The van der Waals surface area contributed by atoms with Gasteiger partial charge in [-0.3, -0.25) is 4.79 Å². The van der Waals surface area contributed by atoms with Crippen LogP contribution in [0, 0.1) is 5.41 Å². The first-order valence-electron chi connectivity index (χ1n) is 6.72. The maximum absolute atomic E-state index is 11.6. The normalized spacial score (nSPS) is 23.7. The molecule has 1 atom stereocenters. The average molecular weight is 240 g/mol. The zero-order valence-corrected chi connectivity index (χ0v) is 12.0. The zero-order valence-electron chi connectivity index (χ0n) is 12.0. The van der Waals surface area contributed by atoms with Gasteiger partial charge in [-0.25, -0.2) is 0 Å². The molecule has 1 saturated carbocycles. The highest BCUT2D eigenvalue weighted by Gasteiger charge is 2.30. The Labute approximate surface area is 106 Å². The Hall–Kier alpha value is -0.570. The van der Waals surface area contributed by atoms with Gasteiger partial charge in [-0.2, -0.15) is 0 Å². The van der Waals surface area contributed by atoms with Gasteiger partial charge in [-0.15, -0.1) is 0 Å². The van der Waals surface area contributed by atoms with Crippen LogP contribution in [0.1, 0.15) is 60.3 Å². The summed E-state index contributed by atoms with van der Waals surface area (Å²) in [5.41, 5.74) is 0.359. The lowest BCUT2D eigenvalue weighted by Gasteiger charge is -2.21. The highest BCUT2D eigenvalue weighted by atomic mass is 16.1. The predicted molar refractivity (Wildman–Crippen MR) is 71.9 cm³/mol. The zero-order chi connectivity index (χ0) is 13.1.